The van der Waals surface area contributed by atoms with Gasteiger partial charge in [0.05, 0.1) is 19.6 Å². The zero-order valence-electron chi connectivity index (χ0n) is 10.8. The number of nitrogens with zero attached hydrogens (tertiary/aromatic N) is 1. The second-order valence-electron chi connectivity index (χ2n) is 4.24. The third-order valence-corrected chi connectivity index (χ3v) is 2.87. The Labute approximate surface area is 111 Å². The van der Waals surface area contributed by atoms with E-state index in [-0.39, 0.29) is 24.8 Å². The van der Waals surface area contributed by atoms with Crippen LogP contribution in [-0.2, 0) is 14.3 Å². The lowest BCUT2D eigenvalue weighted by Crippen LogP contribution is -2.48. The summed E-state index contributed by atoms with van der Waals surface area (Å²) in [5.41, 5.74) is 0. The zero-order chi connectivity index (χ0) is 14.3. The first-order valence-corrected chi connectivity index (χ1v) is 6.08. The fourth-order valence-electron chi connectivity index (χ4n) is 1.87. The number of rotatable bonds is 5. The Morgan fingerprint density at radius 2 is 2.16 bits per heavy atom. The molecule has 0 aromatic heterocycles. The van der Waals surface area contributed by atoms with Gasteiger partial charge in [0.2, 0.25) is 5.91 Å². The highest BCUT2D eigenvalue weighted by atomic mass is 16.5. The van der Waals surface area contributed by atoms with Crippen molar-refractivity contribution in [3.05, 3.63) is 0 Å². The molecule has 0 aromatic carbocycles. The number of aliphatic carboxylic acids is 1. The Morgan fingerprint density at radius 1 is 1.42 bits per heavy atom. The number of amides is 3. The Kier molecular flexibility index (Phi) is 6.23. The van der Waals surface area contributed by atoms with E-state index in [0.29, 0.717) is 26.3 Å². The highest BCUT2D eigenvalue weighted by molar-refractivity contribution is 5.94. The number of carbonyl (C=O) groups excluding carboxylic acids is 2. The highest BCUT2D eigenvalue weighted by Gasteiger charge is 2.25. The largest absolute Gasteiger partial charge is 0.481 e. The quantitative estimate of drug-likeness (QED) is 0.593. The van der Waals surface area contributed by atoms with Crippen LogP contribution in [0.3, 0.4) is 0 Å². The third-order valence-electron chi connectivity index (χ3n) is 2.87. The molecular weight excluding hydrogens is 254 g/mol. The van der Waals surface area contributed by atoms with Gasteiger partial charge in [0.25, 0.3) is 0 Å². The number of nitrogens with one attached hydrogen (secondary N) is 2. The molecule has 0 saturated carbocycles. The number of ether oxygens (including phenoxy) is 1. The third kappa shape index (κ3) is 5.66. The number of hydrogen-bond acceptors (Lipinski definition) is 5. The fraction of sp³-hybridized carbons (Fsp3) is 0.727. The van der Waals surface area contributed by atoms with Crippen LogP contribution in [0.15, 0.2) is 0 Å². The van der Waals surface area contributed by atoms with Crippen molar-refractivity contribution in [2.75, 3.05) is 33.4 Å². The predicted molar refractivity (Wildman–Crippen MR) is 65.6 cm³/mol. The van der Waals surface area contributed by atoms with Crippen LogP contribution < -0.4 is 10.6 Å². The number of urea groups is 1. The second-order valence-corrected chi connectivity index (χ2v) is 4.24. The molecule has 0 bridgehead atoms. The van der Waals surface area contributed by atoms with Gasteiger partial charge in [-0.15, -0.1) is 0 Å². The molecule has 1 atom stereocenters. The van der Waals surface area contributed by atoms with E-state index in [9.17, 15) is 14.4 Å². The van der Waals surface area contributed by atoms with E-state index in [1.807, 2.05) is 4.90 Å². The number of carbonyl (C=O) groups is 3. The van der Waals surface area contributed by atoms with Crippen molar-refractivity contribution in [3.63, 3.8) is 0 Å². The van der Waals surface area contributed by atoms with Crippen LogP contribution >= 0.6 is 0 Å². The van der Waals surface area contributed by atoms with E-state index in [4.69, 9.17) is 9.84 Å². The normalized spacial score (nSPS) is 19.7. The van der Waals surface area contributed by atoms with Gasteiger partial charge in [0.1, 0.15) is 0 Å². The first kappa shape index (κ1) is 15.4. The molecule has 8 nitrogen and oxygen atoms in total. The summed E-state index contributed by atoms with van der Waals surface area (Å²) < 4.78 is 5.23. The maximum absolute atomic E-state index is 11.4. The summed E-state index contributed by atoms with van der Waals surface area (Å²) in [5.74, 6) is -1.28. The van der Waals surface area contributed by atoms with Crippen LogP contribution in [0.2, 0.25) is 0 Å². The van der Waals surface area contributed by atoms with E-state index >= 15 is 0 Å². The van der Waals surface area contributed by atoms with Crippen LogP contribution in [0, 0.1) is 0 Å². The minimum absolute atomic E-state index is 0.0168. The molecule has 1 unspecified atom stereocenters. The van der Waals surface area contributed by atoms with Gasteiger partial charge < -0.3 is 15.2 Å². The first-order valence-electron chi connectivity index (χ1n) is 6.08. The van der Waals surface area contributed by atoms with Crippen LogP contribution in [-0.4, -0.2) is 67.3 Å². The summed E-state index contributed by atoms with van der Waals surface area (Å²) in [4.78, 5) is 35.0. The first-order chi connectivity index (χ1) is 9.02. The maximum atomic E-state index is 11.4. The van der Waals surface area contributed by atoms with E-state index in [0.717, 1.165) is 0 Å². The number of morpholine rings is 1. The standard InChI is InChI=1S/C11H19N3O5/c1-12-11(18)13-9(15)2-3-14-4-5-19-7-8(14)6-10(16)17/h8H,2-7H2,1H3,(H,16,17)(H2,12,13,15,18). The van der Waals surface area contributed by atoms with Crippen molar-refractivity contribution in [1.29, 1.82) is 0 Å². The zero-order valence-corrected chi connectivity index (χ0v) is 10.8. The minimum Gasteiger partial charge on any atom is -0.481 e. The van der Waals surface area contributed by atoms with Crippen molar-refractivity contribution >= 4 is 17.9 Å². The van der Waals surface area contributed by atoms with Crippen molar-refractivity contribution in [2.24, 2.45) is 0 Å². The number of hydrogen-bond donors (Lipinski definition) is 3. The number of carboxylic acid groups (broad SMARTS) is 1. The summed E-state index contributed by atoms with van der Waals surface area (Å²) in [7, 11) is 1.42. The van der Waals surface area contributed by atoms with E-state index < -0.39 is 12.0 Å². The summed E-state index contributed by atoms with van der Waals surface area (Å²) in [5, 5.41) is 13.2. The maximum Gasteiger partial charge on any atom is 0.321 e. The highest BCUT2D eigenvalue weighted by Crippen LogP contribution is 2.11. The molecule has 1 fully saturated rings. The van der Waals surface area contributed by atoms with Crippen LogP contribution in [0.25, 0.3) is 0 Å². The van der Waals surface area contributed by atoms with Gasteiger partial charge in [-0.2, -0.15) is 0 Å². The average Bonchev–Trinajstić information content (AvgIpc) is 2.37. The fourth-order valence-corrected chi connectivity index (χ4v) is 1.87. The molecule has 0 spiro atoms. The van der Waals surface area contributed by atoms with Crippen LogP contribution in [0.5, 0.6) is 0 Å². The van der Waals surface area contributed by atoms with Crippen LogP contribution in [0.4, 0.5) is 4.79 Å². The average molecular weight is 273 g/mol. The molecular formula is C11H19N3O5. The van der Waals surface area contributed by atoms with Gasteiger partial charge in [-0.1, -0.05) is 0 Å². The smallest absolute Gasteiger partial charge is 0.321 e. The second kappa shape index (κ2) is 7.70. The van der Waals surface area contributed by atoms with Gasteiger partial charge in [-0.3, -0.25) is 19.8 Å². The van der Waals surface area contributed by atoms with Crippen molar-refractivity contribution in [1.82, 2.24) is 15.5 Å². The number of carboxylic acids is 1. The summed E-state index contributed by atoms with van der Waals surface area (Å²) >= 11 is 0. The lowest BCUT2D eigenvalue weighted by atomic mass is 10.1. The van der Waals surface area contributed by atoms with Gasteiger partial charge in [0, 0.05) is 32.6 Å². The van der Waals surface area contributed by atoms with Gasteiger partial charge in [-0.05, 0) is 0 Å². The molecule has 0 aliphatic carbocycles. The van der Waals surface area contributed by atoms with Gasteiger partial charge in [-0.25, -0.2) is 4.79 Å². The summed E-state index contributed by atoms with van der Waals surface area (Å²) in [6.07, 6.45) is 0.126. The van der Waals surface area contributed by atoms with Crippen molar-refractivity contribution in [2.45, 2.75) is 18.9 Å². The van der Waals surface area contributed by atoms with Gasteiger partial charge >= 0.3 is 12.0 Å². The van der Waals surface area contributed by atoms with Crippen molar-refractivity contribution in [3.8, 4) is 0 Å². The van der Waals surface area contributed by atoms with Gasteiger partial charge in [0.15, 0.2) is 0 Å². The molecule has 108 valence electrons. The SMILES string of the molecule is CNC(=O)NC(=O)CCN1CCOCC1CC(=O)O. The molecule has 0 radical (unpaired) electrons. The lowest BCUT2D eigenvalue weighted by molar-refractivity contribution is -0.140. The Bertz CT molecular complexity index is 347. The molecule has 1 aliphatic heterocycles. The van der Waals surface area contributed by atoms with E-state index in [2.05, 4.69) is 10.6 Å². The minimum atomic E-state index is -0.893. The topological polar surface area (TPSA) is 108 Å². The predicted octanol–water partition coefficient (Wildman–Crippen LogP) is -0.992. The Morgan fingerprint density at radius 3 is 2.79 bits per heavy atom. The number of imide groups is 1. The molecule has 3 N–H and O–H groups in total. The summed E-state index contributed by atoms with van der Waals surface area (Å²) in [6.45, 7) is 1.87. The lowest BCUT2D eigenvalue weighted by Gasteiger charge is -2.34. The molecule has 3 amide bonds. The van der Waals surface area contributed by atoms with Crippen molar-refractivity contribution < 1.29 is 24.2 Å². The molecule has 1 heterocycles. The van der Waals surface area contributed by atoms with Crippen LogP contribution in [0.1, 0.15) is 12.8 Å². The monoisotopic (exact) mass is 273 g/mol. The Hall–Kier alpha value is -1.67. The van der Waals surface area contributed by atoms with E-state index in [1.54, 1.807) is 0 Å². The molecule has 1 saturated heterocycles. The molecule has 1 aliphatic rings. The Balaban J connectivity index is 2.38. The molecule has 1 rings (SSSR count). The van der Waals surface area contributed by atoms with E-state index in [1.165, 1.54) is 7.05 Å². The summed E-state index contributed by atoms with van der Waals surface area (Å²) in [6, 6.07) is -0.770. The molecule has 0 aromatic rings. The molecule has 19 heavy (non-hydrogen) atoms. The molecule has 8 heteroatoms.